The molecule has 3 rings (SSSR count). The Hall–Kier alpha value is -2.78. The second-order valence-corrected chi connectivity index (χ2v) is 7.60. The van der Waals surface area contributed by atoms with Crippen LogP contribution >= 0.6 is 11.6 Å². The van der Waals surface area contributed by atoms with Gasteiger partial charge in [0.15, 0.2) is 0 Å². The number of halogens is 1. The molecule has 0 heterocycles. The molecule has 144 valence electrons. The van der Waals surface area contributed by atoms with Crippen molar-refractivity contribution in [3.8, 4) is 5.75 Å². The fraction of sp³-hybridized carbons (Fsp3) is 0.208. The van der Waals surface area contributed by atoms with Crippen molar-refractivity contribution >= 4 is 17.5 Å². The lowest BCUT2D eigenvalue weighted by Crippen LogP contribution is -2.29. The maximum atomic E-state index is 13.1. The molecular formula is C24H24ClNO2. The largest absolute Gasteiger partial charge is 0.508 e. The minimum Gasteiger partial charge on any atom is -0.508 e. The number of carbonyl (C=O) groups is 1. The minimum atomic E-state index is -0.644. The maximum absolute atomic E-state index is 13.1. The van der Waals surface area contributed by atoms with Crippen molar-refractivity contribution in [1.29, 1.82) is 0 Å². The smallest absolute Gasteiger partial charge is 0.232 e. The molecule has 0 saturated heterocycles. The van der Waals surface area contributed by atoms with E-state index < -0.39 is 5.92 Å². The molecule has 0 fully saturated rings. The van der Waals surface area contributed by atoms with E-state index in [9.17, 15) is 9.90 Å². The van der Waals surface area contributed by atoms with E-state index >= 15 is 0 Å². The van der Waals surface area contributed by atoms with Crippen LogP contribution in [0.25, 0.3) is 0 Å². The molecule has 3 aromatic rings. The molecule has 1 amide bonds. The Morgan fingerprint density at radius 1 is 0.964 bits per heavy atom. The summed E-state index contributed by atoms with van der Waals surface area (Å²) in [5, 5.41) is 13.8. The van der Waals surface area contributed by atoms with Gasteiger partial charge >= 0.3 is 0 Å². The van der Waals surface area contributed by atoms with Gasteiger partial charge in [-0.1, -0.05) is 80.0 Å². The molecule has 3 aromatic carbocycles. The van der Waals surface area contributed by atoms with Crippen LogP contribution in [0, 0.1) is 0 Å². The van der Waals surface area contributed by atoms with Crippen LogP contribution in [-0.4, -0.2) is 11.0 Å². The van der Waals surface area contributed by atoms with E-state index in [2.05, 4.69) is 31.3 Å². The Morgan fingerprint density at radius 2 is 1.64 bits per heavy atom. The molecule has 0 bridgehead atoms. The van der Waals surface area contributed by atoms with Crippen molar-refractivity contribution in [3.05, 3.63) is 100 Å². The van der Waals surface area contributed by atoms with E-state index in [0.717, 1.165) is 11.1 Å². The highest BCUT2D eigenvalue weighted by atomic mass is 35.5. The van der Waals surface area contributed by atoms with Gasteiger partial charge < -0.3 is 10.4 Å². The van der Waals surface area contributed by atoms with Crippen molar-refractivity contribution in [3.63, 3.8) is 0 Å². The zero-order valence-electron chi connectivity index (χ0n) is 16.0. The molecule has 0 aliphatic heterocycles. The molecule has 4 heteroatoms. The predicted octanol–water partition coefficient (Wildman–Crippen LogP) is 5.62. The topological polar surface area (TPSA) is 49.3 Å². The number of carbonyl (C=O) groups excluding carboxylic acids is 1. The lowest BCUT2D eigenvalue weighted by Gasteiger charge is -2.19. The lowest BCUT2D eigenvalue weighted by molar-refractivity contribution is -0.121. The van der Waals surface area contributed by atoms with Crippen molar-refractivity contribution in [2.24, 2.45) is 0 Å². The molecule has 0 aromatic heterocycles. The number of aromatic hydroxyl groups is 1. The van der Waals surface area contributed by atoms with Crippen LogP contribution in [0.15, 0.2) is 72.8 Å². The first-order valence-corrected chi connectivity index (χ1v) is 9.73. The number of rotatable bonds is 6. The van der Waals surface area contributed by atoms with Gasteiger partial charge in [0.2, 0.25) is 5.91 Å². The van der Waals surface area contributed by atoms with Crippen LogP contribution in [0.1, 0.15) is 47.9 Å². The lowest BCUT2D eigenvalue weighted by atomic mass is 9.89. The molecule has 0 aliphatic rings. The van der Waals surface area contributed by atoms with Crippen molar-refractivity contribution in [1.82, 2.24) is 5.32 Å². The monoisotopic (exact) mass is 393 g/mol. The van der Waals surface area contributed by atoms with Gasteiger partial charge in [0.05, 0.1) is 5.92 Å². The zero-order chi connectivity index (χ0) is 20.1. The summed E-state index contributed by atoms with van der Waals surface area (Å²) >= 11 is 6.12. The molecule has 0 unspecified atom stereocenters. The van der Waals surface area contributed by atoms with Crippen LogP contribution in [-0.2, 0) is 11.3 Å². The molecular weight excluding hydrogens is 370 g/mol. The standard InChI is InChI=1S/C24H24ClNO2/c1-16(2)18-10-8-17(9-11-18)15-26-24(28)23(19-6-4-3-5-7-19)21-14-20(25)12-13-22(21)27/h3-14,16,23,27H,15H2,1-2H3,(H,26,28)/t23-/m0/s1. The van der Waals surface area contributed by atoms with Crippen molar-refractivity contribution < 1.29 is 9.90 Å². The van der Waals surface area contributed by atoms with Crippen molar-refractivity contribution in [2.45, 2.75) is 32.2 Å². The number of nitrogens with one attached hydrogen (secondary N) is 1. The molecule has 0 radical (unpaired) electrons. The van der Waals surface area contributed by atoms with Gasteiger partial charge in [0.1, 0.15) is 5.75 Å². The highest BCUT2D eigenvalue weighted by molar-refractivity contribution is 6.30. The van der Waals surface area contributed by atoms with Gasteiger partial charge in [-0.15, -0.1) is 0 Å². The molecule has 0 saturated carbocycles. The van der Waals surface area contributed by atoms with Crippen molar-refractivity contribution in [2.75, 3.05) is 0 Å². The number of benzene rings is 3. The van der Waals surface area contributed by atoms with Gasteiger partial charge in [-0.05, 0) is 40.8 Å². The molecule has 1 atom stereocenters. The van der Waals surface area contributed by atoms with Gasteiger partial charge in [-0.25, -0.2) is 0 Å². The van der Waals surface area contributed by atoms with E-state index in [1.807, 2.05) is 42.5 Å². The summed E-state index contributed by atoms with van der Waals surface area (Å²) in [6.07, 6.45) is 0. The first-order chi connectivity index (χ1) is 13.5. The van der Waals surface area contributed by atoms with E-state index in [1.165, 1.54) is 11.6 Å². The van der Waals surface area contributed by atoms with Crippen LogP contribution in [0.3, 0.4) is 0 Å². The van der Waals surface area contributed by atoms with Crippen LogP contribution in [0.5, 0.6) is 5.75 Å². The Balaban J connectivity index is 1.84. The Kier molecular flexibility index (Phi) is 6.37. The first kappa shape index (κ1) is 20.0. The van der Waals surface area contributed by atoms with Gasteiger partial charge in [-0.3, -0.25) is 4.79 Å². The van der Waals surface area contributed by atoms with Gasteiger partial charge in [-0.2, -0.15) is 0 Å². The zero-order valence-corrected chi connectivity index (χ0v) is 16.8. The molecule has 2 N–H and O–H groups in total. The van der Waals surface area contributed by atoms with Crippen LogP contribution in [0.4, 0.5) is 0 Å². The number of phenolic OH excluding ortho intramolecular Hbond substituents is 1. The summed E-state index contributed by atoms with van der Waals surface area (Å²) in [6.45, 7) is 4.72. The van der Waals surface area contributed by atoms with Crippen LogP contribution < -0.4 is 5.32 Å². The molecule has 28 heavy (non-hydrogen) atoms. The van der Waals surface area contributed by atoms with Crippen LogP contribution in [0.2, 0.25) is 5.02 Å². The highest BCUT2D eigenvalue weighted by Crippen LogP contribution is 2.33. The highest BCUT2D eigenvalue weighted by Gasteiger charge is 2.25. The fourth-order valence-corrected chi connectivity index (χ4v) is 3.37. The fourth-order valence-electron chi connectivity index (χ4n) is 3.19. The number of phenols is 1. The summed E-state index contributed by atoms with van der Waals surface area (Å²) < 4.78 is 0. The van der Waals surface area contributed by atoms with Gasteiger partial charge in [0.25, 0.3) is 0 Å². The Bertz CT molecular complexity index is 937. The van der Waals surface area contributed by atoms with E-state index in [1.54, 1.807) is 12.1 Å². The normalized spacial score (nSPS) is 12.0. The number of hydrogen-bond donors (Lipinski definition) is 2. The summed E-state index contributed by atoms with van der Waals surface area (Å²) in [5.41, 5.74) is 3.58. The average Bonchev–Trinajstić information content (AvgIpc) is 2.70. The second kappa shape index (κ2) is 8.94. The van der Waals surface area contributed by atoms with E-state index in [0.29, 0.717) is 23.0 Å². The maximum Gasteiger partial charge on any atom is 0.232 e. The van der Waals surface area contributed by atoms with Gasteiger partial charge in [0, 0.05) is 17.1 Å². The summed E-state index contributed by atoms with van der Waals surface area (Å²) in [6, 6.07) is 22.4. The summed E-state index contributed by atoms with van der Waals surface area (Å²) in [4.78, 5) is 13.1. The minimum absolute atomic E-state index is 0.0506. The summed E-state index contributed by atoms with van der Waals surface area (Å²) in [5.74, 6) is -0.307. The predicted molar refractivity (Wildman–Crippen MR) is 114 cm³/mol. The first-order valence-electron chi connectivity index (χ1n) is 9.35. The van der Waals surface area contributed by atoms with E-state index in [-0.39, 0.29) is 11.7 Å². The number of hydrogen-bond acceptors (Lipinski definition) is 2. The SMILES string of the molecule is CC(C)c1ccc(CNC(=O)[C@@H](c2ccccc2)c2cc(Cl)ccc2O)cc1. The number of amides is 1. The Labute approximate surface area is 171 Å². The third kappa shape index (κ3) is 4.73. The average molecular weight is 394 g/mol. The third-order valence-corrected chi connectivity index (χ3v) is 5.04. The summed E-state index contributed by atoms with van der Waals surface area (Å²) in [7, 11) is 0. The molecule has 0 aliphatic carbocycles. The second-order valence-electron chi connectivity index (χ2n) is 7.16. The molecule has 0 spiro atoms. The quantitative estimate of drug-likeness (QED) is 0.571. The Morgan fingerprint density at radius 3 is 2.29 bits per heavy atom. The van der Waals surface area contributed by atoms with E-state index in [4.69, 9.17) is 11.6 Å². The third-order valence-electron chi connectivity index (χ3n) is 4.81. The molecule has 3 nitrogen and oxygen atoms in total.